The summed E-state index contributed by atoms with van der Waals surface area (Å²) in [5.74, 6) is 1.45. The largest absolute Gasteiger partial charge is 0.488 e. The number of rotatable bonds is 5. The highest BCUT2D eigenvalue weighted by Crippen LogP contribution is 2.41. The fourth-order valence-corrected chi connectivity index (χ4v) is 4.03. The van der Waals surface area contributed by atoms with E-state index in [9.17, 15) is 4.79 Å². The van der Waals surface area contributed by atoms with Gasteiger partial charge >= 0.3 is 6.03 Å². The lowest BCUT2D eigenvalue weighted by Gasteiger charge is -2.18. The normalized spacial score (nSPS) is 20.1. The summed E-state index contributed by atoms with van der Waals surface area (Å²) in [6, 6.07) is 7.93. The molecule has 1 saturated carbocycles. The fraction of sp³-hybridized carbons (Fsp3) is 0.444. The first-order chi connectivity index (χ1) is 11.7. The lowest BCUT2D eigenvalue weighted by atomic mass is 10.1. The number of fused-ring (bicyclic) bond motifs is 1. The number of ether oxygens (including phenoxy) is 1. The van der Waals surface area contributed by atoms with Crippen molar-refractivity contribution in [2.75, 3.05) is 6.54 Å². The van der Waals surface area contributed by atoms with Crippen molar-refractivity contribution in [1.29, 1.82) is 0 Å². The van der Waals surface area contributed by atoms with Crippen molar-refractivity contribution < 1.29 is 9.53 Å². The van der Waals surface area contributed by atoms with Crippen molar-refractivity contribution in [2.24, 2.45) is 5.92 Å². The number of amides is 2. The molecule has 2 aliphatic rings. The number of nitrogens with one attached hydrogen (secondary N) is 2. The zero-order chi connectivity index (χ0) is 16.5. The van der Waals surface area contributed by atoms with Crippen LogP contribution in [0, 0.1) is 12.8 Å². The van der Waals surface area contributed by atoms with E-state index in [0.29, 0.717) is 12.5 Å². The van der Waals surface area contributed by atoms with Crippen LogP contribution in [0.5, 0.6) is 5.75 Å². The Morgan fingerprint density at radius 1 is 1.42 bits per heavy atom. The summed E-state index contributed by atoms with van der Waals surface area (Å²) >= 11 is 1.62. The van der Waals surface area contributed by atoms with Gasteiger partial charge in [0.15, 0.2) is 0 Å². The molecule has 6 heteroatoms. The number of thiazole rings is 1. The number of carbonyl (C=O) groups is 1. The van der Waals surface area contributed by atoms with Gasteiger partial charge in [-0.15, -0.1) is 11.3 Å². The van der Waals surface area contributed by atoms with Crippen molar-refractivity contribution in [3.63, 3.8) is 0 Å². The van der Waals surface area contributed by atoms with E-state index in [-0.39, 0.29) is 18.2 Å². The lowest BCUT2D eigenvalue weighted by Crippen LogP contribution is -2.42. The molecule has 2 atom stereocenters. The van der Waals surface area contributed by atoms with Crippen molar-refractivity contribution in [3.05, 3.63) is 45.9 Å². The average molecular weight is 343 g/mol. The Morgan fingerprint density at radius 3 is 2.96 bits per heavy atom. The highest BCUT2D eigenvalue weighted by molar-refractivity contribution is 7.09. The summed E-state index contributed by atoms with van der Waals surface area (Å²) in [5, 5.41) is 9.09. The summed E-state index contributed by atoms with van der Waals surface area (Å²) < 4.78 is 5.86. The molecule has 2 heterocycles. The lowest BCUT2D eigenvalue weighted by molar-refractivity contribution is 0.211. The van der Waals surface area contributed by atoms with Crippen molar-refractivity contribution in [1.82, 2.24) is 15.6 Å². The van der Waals surface area contributed by atoms with Crippen LogP contribution < -0.4 is 15.4 Å². The maximum Gasteiger partial charge on any atom is 0.315 e. The minimum absolute atomic E-state index is 0.00892. The van der Waals surface area contributed by atoms with E-state index in [4.69, 9.17) is 4.74 Å². The predicted molar refractivity (Wildman–Crippen MR) is 93.4 cm³/mol. The number of urea groups is 1. The van der Waals surface area contributed by atoms with Gasteiger partial charge in [0, 0.05) is 17.5 Å². The summed E-state index contributed by atoms with van der Waals surface area (Å²) in [6.07, 6.45) is 3.17. The third-order valence-electron chi connectivity index (χ3n) is 4.49. The number of nitrogens with zero attached hydrogens (tertiary/aromatic N) is 1. The molecule has 1 aromatic heterocycles. The van der Waals surface area contributed by atoms with E-state index in [1.165, 1.54) is 5.56 Å². The van der Waals surface area contributed by atoms with Crippen LogP contribution >= 0.6 is 11.3 Å². The Morgan fingerprint density at radius 2 is 2.25 bits per heavy atom. The fourth-order valence-electron chi connectivity index (χ4n) is 3.09. The number of aryl methyl sites for hydroxylation is 1. The predicted octanol–water partition coefficient (Wildman–Crippen LogP) is 3.21. The van der Waals surface area contributed by atoms with Crippen LogP contribution in [0.25, 0.3) is 0 Å². The molecule has 0 radical (unpaired) electrons. The van der Waals surface area contributed by atoms with Gasteiger partial charge in [0.1, 0.15) is 16.9 Å². The molecule has 0 spiro atoms. The molecule has 1 aliphatic heterocycles. The monoisotopic (exact) mass is 343 g/mol. The van der Waals surface area contributed by atoms with E-state index in [1.54, 1.807) is 11.3 Å². The average Bonchev–Trinajstić information content (AvgIpc) is 3.19. The number of hydrogen-bond donors (Lipinski definition) is 2. The van der Waals surface area contributed by atoms with E-state index in [1.807, 2.05) is 30.5 Å². The molecule has 2 amide bonds. The maximum atomic E-state index is 12.3. The molecule has 0 bridgehead atoms. The van der Waals surface area contributed by atoms with Crippen LogP contribution in [-0.2, 0) is 6.42 Å². The molecule has 1 aliphatic carbocycles. The molecular formula is C18H21N3O2S. The molecular weight excluding hydrogens is 322 g/mol. The Hall–Kier alpha value is -2.08. The Balaban J connectivity index is 1.30. The third-order valence-corrected chi connectivity index (χ3v) is 5.53. The number of benzene rings is 1. The molecule has 0 unspecified atom stereocenters. The Labute approximate surface area is 145 Å². The van der Waals surface area contributed by atoms with Crippen molar-refractivity contribution in [2.45, 2.75) is 38.3 Å². The van der Waals surface area contributed by atoms with Crippen LogP contribution in [-0.4, -0.2) is 23.7 Å². The highest BCUT2D eigenvalue weighted by Gasteiger charge is 2.35. The molecule has 2 N–H and O–H groups in total. The smallest absolute Gasteiger partial charge is 0.315 e. The van der Waals surface area contributed by atoms with Gasteiger partial charge in [0.05, 0.1) is 12.6 Å². The van der Waals surface area contributed by atoms with Gasteiger partial charge < -0.3 is 15.4 Å². The van der Waals surface area contributed by atoms with Gasteiger partial charge in [0.2, 0.25) is 0 Å². The minimum Gasteiger partial charge on any atom is -0.488 e. The zero-order valence-electron chi connectivity index (χ0n) is 13.6. The first kappa shape index (κ1) is 15.4. The summed E-state index contributed by atoms with van der Waals surface area (Å²) in [4.78, 5) is 16.8. The quantitative estimate of drug-likeness (QED) is 0.876. The molecule has 0 saturated heterocycles. The number of para-hydroxylation sites is 1. The van der Waals surface area contributed by atoms with Gasteiger partial charge in [-0.25, -0.2) is 9.78 Å². The number of aromatic nitrogens is 1. The third kappa shape index (κ3) is 3.38. The maximum absolute atomic E-state index is 12.3. The van der Waals surface area contributed by atoms with E-state index in [0.717, 1.165) is 35.7 Å². The van der Waals surface area contributed by atoms with Gasteiger partial charge in [-0.1, -0.05) is 18.2 Å². The Bertz CT molecular complexity index is 716. The first-order valence-electron chi connectivity index (χ1n) is 8.40. The van der Waals surface area contributed by atoms with Crippen LogP contribution in [0.15, 0.2) is 29.6 Å². The summed E-state index contributed by atoms with van der Waals surface area (Å²) in [7, 11) is 0. The van der Waals surface area contributed by atoms with Gasteiger partial charge in [-0.3, -0.25) is 0 Å². The van der Waals surface area contributed by atoms with Gasteiger partial charge in [-0.05, 0) is 37.3 Å². The zero-order valence-corrected chi connectivity index (χ0v) is 14.4. The molecule has 2 aromatic rings. The molecule has 4 rings (SSSR count). The molecule has 126 valence electrons. The van der Waals surface area contributed by atoms with Crippen LogP contribution in [0.2, 0.25) is 0 Å². The van der Waals surface area contributed by atoms with E-state index in [2.05, 4.69) is 21.7 Å². The second kappa shape index (κ2) is 6.43. The van der Waals surface area contributed by atoms with Gasteiger partial charge in [0.25, 0.3) is 0 Å². The van der Waals surface area contributed by atoms with Crippen molar-refractivity contribution >= 4 is 17.4 Å². The highest BCUT2D eigenvalue weighted by atomic mass is 32.1. The number of carbonyl (C=O) groups excluding carboxylic acids is 1. The van der Waals surface area contributed by atoms with Crippen LogP contribution in [0.1, 0.15) is 35.1 Å². The van der Waals surface area contributed by atoms with Gasteiger partial charge in [-0.2, -0.15) is 0 Å². The van der Waals surface area contributed by atoms with E-state index < -0.39 is 0 Å². The standard InChI is InChI=1S/C18H21N3O2S/c1-11-10-24-17(20-11)16(12-6-7-12)21-18(22)19-9-14-8-13-4-2-3-5-15(13)23-14/h2-5,10,12,14,16H,6-9H2,1H3,(H2,19,21,22)/t14-,16-/m0/s1. The number of hydrogen-bond acceptors (Lipinski definition) is 4. The SMILES string of the molecule is Cc1csc([C@@H](NC(=O)NC[C@@H]2Cc3ccccc3O2)C2CC2)n1. The van der Waals surface area contributed by atoms with Crippen LogP contribution in [0.3, 0.4) is 0 Å². The first-order valence-corrected chi connectivity index (χ1v) is 9.28. The molecule has 5 nitrogen and oxygen atoms in total. The second-order valence-corrected chi connectivity index (χ2v) is 7.44. The summed E-state index contributed by atoms with van der Waals surface area (Å²) in [6.45, 7) is 2.49. The van der Waals surface area contributed by atoms with Crippen LogP contribution in [0.4, 0.5) is 4.79 Å². The summed E-state index contributed by atoms with van der Waals surface area (Å²) in [5.41, 5.74) is 2.22. The molecule has 24 heavy (non-hydrogen) atoms. The van der Waals surface area contributed by atoms with Crippen molar-refractivity contribution in [3.8, 4) is 5.75 Å². The van der Waals surface area contributed by atoms with E-state index >= 15 is 0 Å². The molecule has 1 fully saturated rings. The topological polar surface area (TPSA) is 63.2 Å². The second-order valence-electron chi connectivity index (χ2n) is 6.55. The minimum atomic E-state index is -0.140. The molecule has 1 aromatic carbocycles. The Kier molecular flexibility index (Phi) is 4.14.